The van der Waals surface area contributed by atoms with E-state index in [0.717, 1.165) is 24.5 Å². The first-order valence-electron chi connectivity index (χ1n) is 6.63. The average molecular weight is 368 g/mol. The molecule has 0 atom stereocenters. The van der Waals surface area contributed by atoms with E-state index in [9.17, 15) is 0 Å². The van der Waals surface area contributed by atoms with E-state index in [1.165, 1.54) is 27.5 Å². The van der Waals surface area contributed by atoms with Crippen molar-refractivity contribution in [1.82, 2.24) is 10.5 Å². The van der Waals surface area contributed by atoms with Crippen LogP contribution in [-0.4, -0.2) is 5.16 Å². The highest BCUT2D eigenvalue weighted by Crippen LogP contribution is 2.40. The van der Waals surface area contributed by atoms with Gasteiger partial charge in [-0.05, 0) is 59.5 Å². The first kappa shape index (κ1) is 13.1. The Morgan fingerprint density at radius 1 is 1.32 bits per heavy atom. The van der Waals surface area contributed by atoms with Crippen LogP contribution in [0.3, 0.4) is 0 Å². The fraction of sp³-hybridized carbons (Fsp3) is 0.400. The molecule has 0 aliphatic heterocycles. The van der Waals surface area contributed by atoms with Gasteiger partial charge in [-0.15, -0.1) is 0 Å². The van der Waals surface area contributed by atoms with Gasteiger partial charge in [-0.2, -0.15) is 0 Å². The molecule has 2 aromatic rings. The molecule has 0 amide bonds. The summed E-state index contributed by atoms with van der Waals surface area (Å²) in [5.74, 6) is 1.70. The Bertz CT molecular complexity index is 575. The number of halogens is 1. The second-order valence-electron chi connectivity index (χ2n) is 5.18. The van der Waals surface area contributed by atoms with E-state index >= 15 is 0 Å². The monoisotopic (exact) mass is 368 g/mol. The second-order valence-corrected chi connectivity index (χ2v) is 6.34. The lowest BCUT2D eigenvalue weighted by Gasteiger charge is -2.05. The summed E-state index contributed by atoms with van der Waals surface area (Å²) in [6.45, 7) is 3.77. The van der Waals surface area contributed by atoms with Crippen molar-refractivity contribution in [3.05, 3.63) is 50.4 Å². The number of aromatic nitrogens is 1. The van der Waals surface area contributed by atoms with E-state index in [0.29, 0.717) is 5.92 Å². The minimum absolute atomic E-state index is 0.639. The summed E-state index contributed by atoms with van der Waals surface area (Å²) in [6.07, 6.45) is 2.51. The molecule has 0 saturated heterocycles. The normalized spacial score (nSPS) is 14.8. The summed E-state index contributed by atoms with van der Waals surface area (Å²) < 4.78 is 6.65. The summed E-state index contributed by atoms with van der Waals surface area (Å²) in [5.41, 5.74) is 3.64. The summed E-state index contributed by atoms with van der Waals surface area (Å²) in [7, 11) is 0. The SMILES string of the molecule is Cc1cc(CNCc2cc(C3CC3)on2)ccc1I. The Hall–Kier alpha value is -0.880. The van der Waals surface area contributed by atoms with Gasteiger partial charge in [0.2, 0.25) is 0 Å². The maximum atomic E-state index is 5.34. The summed E-state index contributed by atoms with van der Waals surface area (Å²) >= 11 is 2.36. The highest BCUT2D eigenvalue weighted by atomic mass is 127. The van der Waals surface area contributed by atoms with E-state index in [1.54, 1.807) is 0 Å². The first-order valence-corrected chi connectivity index (χ1v) is 7.71. The average Bonchev–Trinajstić information content (AvgIpc) is 3.14. The number of rotatable bonds is 5. The zero-order chi connectivity index (χ0) is 13.2. The molecule has 0 radical (unpaired) electrons. The maximum Gasteiger partial charge on any atom is 0.140 e. The Morgan fingerprint density at radius 3 is 2.89 bits per heavy atom. The Labute approximate surface area is 126 Å². The predicted molar refractivity (Wildman–Crippen MR) is 82.9 cm³/mol. The van der Waals surface area contributed by atoms with Gasteiger partial charge in [0.05, 0.1) is 5.69 Å². The van der Waals surface area contributed by atoms with Crippen molar-refractivity contribution in [2.45, 2.75) is 38.8 Å². The molecule has 1 saturated carbocycles. The number of hydrogen-bond acceptors (Lipinski definition) is 3. The summed E-state index contributed by atoms with van der Waals surface area (Å²) in [4.78, 5) is 0. The molecular weight excluding hydrogens is 351 g/mol. The molecule has 100 valence electrons. The van der Waals surface area contributed by atoms with Crippen LogP contribution in [0.2, 0.25) is 0 Å². The van der Waals surface area contributed by atoms with Gasteiger partial charge in [0.25, 0.3) is 0 Å². The topological polar surface area (TPSA) is 38.1 Å². The van der Waals surface area contributed by atoms with Crippen LogP contribution in [0.5, 0.6) is 0 Å². The van der Waals surface area contributed by atoms with Crippen molar-refractivity contribution in [3.8, 4) is 0 Å². The zero-order valence-electron chi connectivity index (χ0n) is 10.9. The number of benzene rings is 1. The number of nitrogens with one attached hydrogen (secondary N) is 1. The van der Waals surface area contributed by atoms with E-state index < -0.39 is 0 Å². The predicted octanol–water partition coefficient (Wildman–Crippen LogP) is 3.75. The van der Waals surface area contributed by atoms with Crippen LogP contribution in [0.1, 0.15) is 41.3 Å². The smallest absolute Gasteiger partial charge is 0.140 e. The molecule has 19 heavy (non-hydrogen) atoms. The molecule has 1 fully saturated rings. The Balaban J connectivity index is 1.52. The molecule has 4 heteroatoms. The van der Waals surface area contributed by atoms with Gasteiger partial charge < -0.3 is 9.84 Å². The molecule has 1 aromatic heterocycles. The fourth-order valence-corrected chi connectivity index (χ4v) is 2.46. The Morgan fingerprint density at radius 2 is 2.16 bits per heavy atom. The van der Waals surface area contributed by atoms with Crippen molar-refractivity contribution >= 4 is 22.6 Å². The van der Waals surface area contributed by atoms with E-state index in [2.05, 4.69) is 64.3 Å². The van der Waals surface area contributed by atoms with Gasteiger partial charge in [0.1, 0.15) is 5.76 Å². The van der Waals surface area contributed by atoms with Crippen molar-refractivity contribution < 1.29 is 4.52 Å². The maximum absolute atomic E-state index is 5.34. The number of aryl methyl sites for hydroxylation is 1. The fourth-order valence-electron chi connectivity index (χ4n) is 2.12. The number of nitrogens with zero attached hydrogens (tertiary/aromatic N) is 1. The first-order chi connectivity index (χ1) is 9.22. The minimum atomic E-state index is 0.639. The lowest BCUT2D eigenvalue weighted by molar-refractivity contribution is 0.376. The summed E-state index contributed by atoms with van der Waals surface area (Å²) in [6, 6.07) is 8.64. The highest BCUT2D eigenvalue weighted by molar-refractivity contribution is 14.1. The third-order valence-corrected chi connectivity index (χ3v) is 4.62. The second kappa shape index (κ2) is 5.63. The van der Waals surface area contributed by atoms with Crippen LogP contribution in [0.25, 0.3) is 0 Å². The van der Waals surface area contributed by atoms with Crippen molar-refractivity contribution in [1.29, 1.82) is 0 Å². The van der Waals surface area contributed by atoms with Gasteiger partial charge in [-0.1, -0.05) is 17.3 Å². The van der Waals surface area contributed by atoms with Crippen LogP contribution >= 0.6 is 22.6 Å². The lowest BCUT2D eigenvalue weighted by atomic mass is 10.1. The zero-order valence-corrected chi connectivity index (χ0v) is 13.1. The molecule has 1 N–H and O–H groups in total. The third-order valence-electron chi connectivity index (χ3n) is 3.41. The van der Waals surface area contributed by atoms with Gasteiger partial charge in [0.15, 0.2) is 0 Å². The van der Waals surface area contributed by atoms with Crippen LogP contribution in [0.15, 0.2) is 28.8 Å². The molecule has 0 unspecified atom stereocenters. The molecule has 3 nitrogen and oxygen atoms in total. The molecule has 3 rings (SSSR count). The van der Waals surface area contributed by atoms with E-state index in [-0.39, 0.29) is 0 Å². The van der Waals surface area contributed by atoms with Gasteiger partial charge in [0, 0.05) is 28.6 Å². The quantitative estimate of drug-likeness (QED) is 0.817. The molecule has 0 spiro atoms. The van der Waals surface area contributed by atoms with Crippen LogP contribution < -0.4 is 5.32 Å². The van der Waals surface area contributed by atoms with Crippen LogP contribution in [0, 0.1) is 10.5 Å². The van der Waals surface area contributed by atoms with Crippen molar-refractivity contribution in [3.63, 3.8) is 0 Å². The van der Waals surface area contributed by atoms with Gasteiger partial charge >= 0.3 is 0 Å². The molecule has 1 heterocycles. The molecule has 1 aliphatic carbocycles. The molecule has 1 aromatic carbocycles. The van der Waals surface area contributed by atoms with Crippen molar-refractivity contribution in [2.75, 3.05) is 0 Å². The molecule has 0 bridgehead atoms. The van der Waals surface area contributed by atoms with E-state index in [4.69, 9.17) is 4.52 Å². The lowest BCUT2D eigenvalue weighted by Crippen LogP contribution is -2.13. The summed E-state index contributed by atoms with van der Waals surface area (Å²) in [5, 5.41) is 7.51. The van der Waals surface area contributed by atoms with Crippen LogP contribution in [0.4, 0.5) is 0 Å². The van der Waals surface area contributed by atoms with Crippen LogP contribution in [-0.2, 0) is 13.1 Å². The third kappa shape index (κ3) is 3.36. The van der Waals surface area contributed by atoms with Crippen molar-refractivity contribution in [2.24, 2.45) is 0 Å². The Kier molecular flexibility index (Phi) is 3.88. The number of hydrogen-bond donors (Lipinski definition) is 1. The highest BCUT2D eigenvalue weighted by Gasteiger charge is 2.27. The molecule has 1 aliphatic rings. The van der Waals surface area contributed by atoms with E-state index in [1.807, 2.05) is 0 Å². The van der Waals surface area contributed by atoms with Gasteiger partial charge in [-0.25, -0.2) is 0 Å². The van der Waals surface area contributed by atoms with Gasteiger partial charge in [-0.3, -0.25) is 0 Å². The largest absolute Gasteiger partial charge is 0.361 e. The standard InChI is InChI=1S/C15H17IN2O/c1-10-6-11(2-5-14(10)16)8-17-9-13-7-15(19-18-13)12-3-4-12/h2,5-7,12,17H,3-4,8-9H2,1H3. The molecular formula is C15H17IN2O. The minimum Gasteiger partial charge on any atom is -0.361 e.